The van der Waals surface area contributed by atoms with Crippen LogP contribution in [0.25, 0.3) is 0 Å². The minimum Gasteiger partial charge on any atom is -0.550 e. The predicted octanol–water partition coefficient (Wildman–Crippen LogP) is -0.222. The lowest BCUT2D eigenvalue weighted by atomic mass is 9.77. The average molecular weight is 358 g/mol. The van der Waals surface area contributed by atoms with Crippen molar-refractivity contribution in [2.75, 3.05) is 27.3 Å². The average Bonchev–Trinajstić information content (AvgIpc) is 3.27. The SMILES string of the molecule is COc1ccc(CCN2C[C@]34C=C[C@@H](O3)[C@H](C(=O)[O-])[C@@H]4C2=O)cc1OC. The van der Waals surface area contributed by atoms with Gasteiger partial charge in [0.2, 0.25) is 5.91 Å². The number of carbonyl (C=O) groups is 2. The van der Waals surface area contributed by atoms with Crippen molar-refractivity contribution < 1.29 is 28.9 Å². The standard InChI is InChI=1S/C19H21NO6/c1-24-12-4-3-11(9-14(12)25-2)6-8-20-10-19-7-5-13(26-19)15(18(22)23)16(19)17(20)21/h3-5,7,9,13,15-16H,6,8,10H2,1-2H3,(H,22,23)/p-1/t13-,15+,16-,19+/m1/s1. The quantitative estimate of drug-likeness (QED) is 0.653. The van der Waals surface area contributed by atoms with Gasteiger partial charge in [0.25, 0.3) is 0 Å². The van der Waals surface area contributed by atoms with E-state index in [-0.39, 0.29) is 5.91 Å². The van der Waals surface area contributed by atoms with E-state index in [1.807, 2.05) is 24.3 Å². The smallest absolute Gasteiger partial charge is 0.229 e. The Bertz CT molecular complexity index is 790. The Kier molecular flexibility index (Phi) is 3.91. The number of carboxylic acids is 1. The van der Waals surface area contributed by atoms with Gasteiger partial charge in [-0.3, -0.25) is 4.79 Å². The summed E-state index contributed by atoms with van der Waals surface area (Å²) in [6, 6.07) is 5.63. The molecule has 0 saturated carbocycles. The molecule has 1 aromatic rings. The van der Waals surface area contributed by atoms with Crippen molar-refractivity contribution in [2.45, 2.75) is 18.1 Å². The van der Waals surface area contributed by atoms with E-state index in [2.05, 4.69) is 0 Å². The molecule has 1 aromatic carbocycles. The molecule has 1 amide bonds. The Hall–Kier alpha value is -2.54. The molecular formula is C19H20NO6-. The number of benzene rings is 1. The lowest BCUT2D eigenvalue weighted by Gasteiger charge is -2.24. The number of ether oxygens (including phenoxy) is 3. The van der Waals surface area contributed by atoms with Crippen molar-refractivity contribution in [1.82, 2.24) is 4.90 Å². The number of carboxylic acid groups (broad SMARTS) is 1. The van der Waals surface area contributed by atoms with Crippen molar-refractivity contribution in [1.29, 1.82) is 0 Å². The Labute approximate surface area is 151 Å². The third-order valence-corrected chi connectivity index (χ3v) is 5.57. The lowest BCUT2D eigenvalue weighted by Crippen LogP contribution is -2.45. The van der Waals surface area contributed by atoms with Gasteiger partial charge in [-0.1, -0.05) is 18.2 Å². The molecule has 1 spiro atoms. The maximum Gasteiger partial charge on any atom is 0.229 e. The molecular weight excluding hydrogens is 338 g/mol. The van der Waals surface area contributed by atoms with Crippen LogP contribution in [0.3, 0.4) is 0 Å². The summed E-state index contributed by atoms with van der Waals surface area (Å²) < 4.78 is 16.4. The molecule has 4 atom stereocenters. The van der Waals surface area contributed by atoms with Gasteiger partial charge in [0.05, 0.1) is 32.8 Å². The van der Waals surface area contributed by atoms with Crippen LogP contribution < -0.4 is 14.6 Å². The highest BCUT2D eigenvalue weighted by Gasteiger charge is 2.65. The second kappa shape index (κ2) is 6.02. The van der Waals surface area contributed by atoms with Gasteiger partial charge in [0.1, 0.15) is 5.60 Å². The molecule has 0 aliphatic carbocycles. The van der Waals surface area contributed by atoms with Crippen LogP contribution in [0.5, 0.6) is 11.5 Å². The van der Waals surface area contributed by atoms with Gasteiger partial charge >= 0.3 is 0 Å². The molecule has 0 radical (unpaired) electrons. The van der Waals surface area contributed by atoms with Crippen LogP contribution in [0.4, 0.5) is 0 Å². The summed E-state index contributed by atoms with van der Waals surface area (Å²) in [4.78, 5) is 26.0. The van der Waals surface area contributed by atoms with Crippen LogP contribution in [-0.2, 0) is 20.7 Å². The van der Waals surface area contributed by atoms with Crippen molar-refractivity contribution >= 4 is 11.9 Å². The fourth-order valence-electron chi connectivity index (χ4n) is 4.34. The van der Waals surface area contributed by atoms with Gasteiger partial charge in [-0.2, -0.15) is 0 Å². The second-order valence-electron chi connectivity index (χ2n) is 6.92. The Morgan fingerprint density at radius 1 is 1.35 bits per heavy atom. The Morgan fingerprint density at radius 3 is 2.81 bits per heavy atom. The molecule has 2 bridgehead atoms. The minimum absolute atomic E-state index is 0.175. The maximum atomic E-state index is 12.8. The summed E-state index contributed by atoms with van der Waals surface area (Å²) in [5.74, 6) is -1.70. The summed E-state index contributed by atoms with van der Waals surface area (Å²) in [5.41, 5.74) is 0.187. The third kappa shape index (κ3) is 2.38. The first kappa shape index (κ1) is 16.9. The monoisotopic (exact) mass is 358 g/mol. The van der Waals surface area contributed by atoms with Crippen molar-refractivity contribution in [3.05, 3.63) is 35.9 Å². The molecule has 4 rings (SSSR count). The summed E-state index contributed by atoms with van der Waals surface area (Å²) >= 11 is 0. The molecule has 7 nitrogen and oxygen atoms in total. The molecule has 7 heteroatoms. The normalized spacial score (nSPS) is 31.4. The summed E-state index contributed by atoms with van der Waals surface area (Å²) in [6.45, 7) is 0.856. The van der Waals surface area contributed by atoms with Gasteiger partial charge in [-0.15, -0.1) is 0 Å². The zero-order valence-corrected chi connectivity index (χ0v) is 14.6. The van der Waals surface area contributed by atoms with Crippen LogP contribution in [0.1, 0.15) is 5.56 Å². The zero-order valence-electron chi connectivity index (χ0n) is 14.6. The minimum atomic E-state index is -1.22. The topological polar surface area (TPSA) is 88.1 Å². The van der Waals surface area contributed by atoms with E-state index in [0.717, 1.165) is 5.56 Å². The molecule has 2 saturated heterocycles. The number of methoxy groups -OCH3 is 2. The molecule has 2 fully saturated rings. The van der Waals surface area contributed by atoms with E-state index in [4.69, 9.17) is 14.2 Å². The molecule has 3 aliphatic heterocycles. The molecule has 0 aromatic heterocycles. The second-order valence-corrected chi connectivity index (χ2v) is 6.92. The van der Waals surface area contributed by atoms with Gasteiger partial charge in [0.15, 0.2) is 11.5 Å². The van der Waals surface area contributed by atoms with Crippen LogP contribution in [-0.4, -0.2) is 55.8 Å². The fourth-order valence-corrected chi connectivity index (χ4v) is 4.34. The summed E-state index contributed by atoms with van der Waals surface area (Å²) in [7, 11) is 3.15. The fraction of sp³-hybridized carbons (Fsp3) is 0.474. The molecule has 0 N–H and O–H groups in total. The Balaban J connectivity index is 1.48. The number of likely N-dealkylation sites (tertiary alicyclic amines) is 1. The first-order valence-electron chi connectivity index (χ1n) is 8.57. The Morgan fingerprint density at radius 2 is 2.12 bits per heavy atom. The predicted molar refractivity (Wildman–Crippen MR) is 88.6 cm³/mol. The van der Waals surface area contributed by atoms with E-state index in [0.29, 0.717) is 31.0 Å². The number of aliphatic carboxylic acids is 1. The largest absolute Gasteiger partial charge is 0.550 e. The highest BCUT2D eigenvalue weighted by Crippen LogP contribution is 2.51. The number of nitrogens with zero attached hydrogens (tertiary/aromatic N) is 1. The first-order chi connectivity index (χ1) is 12.5. The van der Waals surface area contributed by atoms with Crippen molar-refractivity contribution in [2.24, 2.45) is 11.8 Å². The van der Waals surface area contributed by atoms with Crippen LogP contribution in [0.2, 0.25) is 0 Å². The highest BCUT2D eigenvalue weighted by molar-refractivity contribution is 5.90. The first-order valence-corrected chi connectivity index (χ1v) is 8.57. The zero-order chi connectivity index (χ0) is 18.5. The molecule has 0 unspecified atom stereocenters. The van der Waals surface area contributed by atoms with Gasteiger partial charge in [-0.25, -0.2) is 0 Å². The number of fused-ring (bicyclic) bond motifs is 1. The molecule has 138 valence electrons. The molecule has 3 aliphatic rings. The van der Waals surface area contributed by atoms with Gasteiger partial charge in [-0.05, 0) is 24.1 Å². The molecule has 26 heavy (non-hydrogen) atoms. The number of hydrogen-bond donors (Lipinski definition) is 0. The summed E-state index contributed by atoms with van der Waals surface area (Å²) in [5, 5.41) is 11.5. The number of carbonyl (C=O) groups excluding carboxylic acids is 2. The van der Waals surface area contributed by atoms with E-state index in [1.54, 1.807) is 25.2 Å². The van der Waals surface area contributed by atoms with Crippen LogP contribution in [0.15, 0.2) is 30.4 Å². The number of amides is 1. The lowest BCUT2D eigenvalue weighted by molar-refractivity contribution is -0.313. The molecule has 3 heterocycles. The van der Waals surface area contributed by atoms with Crippen LogP contribution >= 0.6 is 0 Å². The summed E-state index contributed by atoms with van der Waals surface area (Å²) in [6.07, 6.45) is 3.65. The van der Waals surface area contributed by atoms with Crippen LogP contribution in [0, 0.1) is 11.8 Å². The van der Waals surface area contributed by atoms with E-state index < -0.39 is 29.5 Å². The highest BCUT2D eigenvalue weighted by atomic mass is 16.5. The van der Waals surface area contributed by atoms with E-state index in [9.17, 15) is 14.7 Å². The van der Waals surface area contributed by atoms with E-state index >= 15 is 0 Å². The maximum absolute atomic E-state index is 12.8. The van der Waals surface area contributed by atoms with E-state index in [1.165, 1.54) is 0 Å². The van der Waals surface area contributed by atoms with Gasteiger partial charge < -0.3 is 29.0 Å². The third-order valence-electron chi connectivity index (χ3n) is 5.57. The number of hydrogen-bond acceptors (Lipinski definition) is 6. The number of rotatable bonds is 6. The van der Waals surface area contributed by atoms with Gasteiger partial charge in [0, 0.05) is 18.4 Å². The van der Waals surface area contributed by atoms with Crippen molar-refractivity contribution in [3.63, 3.8) is 0 Å². The van der Waals surface area contributed by atoms with Crippen molar-refractivity contribution in [3.8, 4) is 11.5 Å².